The minimum Gasteiger partial charge on any atom is -0.482 e. The number of aromatic nitrogens is 2. The Kier molecular flexibility index (Phi) is 7.30. The van der Waals surface area contributed by atoms with Crippen molar-refractivity contribution in [1.82, 2.24) is 15.4 Å². The number of carboxylic acids is 1. The number of carbonyl (C=O) groups excluding carboxylic acids is 1. The molecule has 0 saturated heterocycles. The molecule has 1 aromatic carbocycles. The molecule has 0 fully saturated rings. The van der Waals surface area contributed by atoms with Gasteiger partial charge in [-0.3, -0.25) is 4.79 Å². The fourth-order valence-corrected chi connectivity index (χ4v) is 2.88. The van der Waals surface area contributed by atoms with Crippen molar-refractivity contribution < 1.29 is 19.4 Å². The monoisotopic (exact) mass is 388 g/mol. The van der Waals surface area contributed by atoms with Crippen molar-refractivity contribution in [2.45, 2.75) is 31.2 Å². The second-order valence-electron chi connectivity index (χ2n) is 5.68. The Morgan fingerprint density at radius 3 is 2.48 bits per heavy atom. The van der Waals surface area contributed by atoms with Gasteiger partial charge in [-0.15, -0.1) is 0 Å². The van der Waals surface area contributed by atoms with Gasteiger partial charge in [0.2, 0.25) is 0 Å². The van der Waals surface area contributed by atoms with E-state index in [0.29, 0.717) is 10.9 Å². The number of carboxylic acid groups (broad SMARTS) is 1. The number of nitrogens with zero attached hydrogens (tertiary/aromatic N) is 3. The summed E-state index contributed by atoms with van der Waals surface area (Å²) in [7, 11) is 0. The van der Waals surface area contributed by atoms with E-state index in [1.807, 2.05) is 19.9 Å². The molecule has 0 spiro atoms. The maximum absolute atomic E-state index is 12.1. The zero-order valence-corrected chi connectivity index (χ0v) is 16.0. The Balaban J connectivity index is 1.85. The van der Waals surface area contributed by atoms with E-state index in [4.69, 9.17) is 9.84 Å². The van der Waals surface area contributed by atoms with Crippen LogP contribution in [0.25, 0.3) is 0 Å². The van der Waals surface area contributed by atoms with Crippen LogP contribution in [-0.2, 0) is 9.59 Å². The average Bonchev–Trinajstić information content (AvgIpc) is 2.60. The Hall–Kier alpha value is -2.94. The first-order valence-electron chi connectivity index (χ1n) is 8.10. The van der Waals surface area contributed by atoms with E-state index in [0.717, 1.165) is 17.0 Å². The van der Waals surface area contributed by atoms with Crippen LogP contribution in [0.2, 0.25) is 0 Å². The number of thioether (sulfide) groups is 1. The molecule has 1 amide bonds. The highest BCUT2D eigenvalue weighted by Crippen LogP contribution is 2.20. The van der Waals surface area contributed by atoms with Crippen LogP contribution in [-0.4, -0.2) is 45.0 Å². The number of rotatable bonds is 8. The van der Waals surface area contributed by atoms with Crippen LogP contribution in [0, 0.1) is 13.8 Å². The van der Waals surface area contributed by atoms with E-state index in [1.54, 1.807) is 31.2 Å². The first-order chi connectivity index (χ1) is 12.8. The quantitative estimate of drug-likeness (QED) is 0.308. The van der Waals surface area contributed by atoms with Gasteiger partial charge in [-0.25, -0.2) is 20.2 Å². The third-order valence-corrected chi connectivity index (χ3v) is 4.20. The number of aryl methyl sites for hydroxylation is 2. The number of hydrogen-bond donors (Lipinski definition) is 2. The van der Waals surface area contributed by atoms with Gasteiger partial charge in [0.15, 0.2) is 11.8 Å². The number of hydrogen-bond acceptors (Lipinski definition) is 7. The third kappa shape index (κ3) is 7.06. The van der Waals surface area contributed by atoms with Gasteiger partial charge < -0.3 is 9.84 Å². The summed E-state index contributed by atoms with van der Waals surface area (Å²) in [5.74, 6) is -0.862. The summed E-state index contributed by atoms with van der Waals surface area (Å²) in [4.78, 5) is 31.2. The van der Waals surface area contributed by atoms with Crippen LogP contribution < -0.4 is 10.2 Å². The molecule has 0 saturated carbocycles. The van der Waals surface area contributed by atoms with Crippen molar-refractivity contribution in [1.29, 1.82) is 0 Å². The van der Waals surface area contributed by atoms with Crippen molar-refractivity contribution in [3.63, 3.8) is 0 Å². The maximum Gasteiger partial charge on any atom is 0.341 e. The lowest BCUT2D eigenvalue weighted by atomic mass is 10.2. The number of benzene rings is 1. The van der Waals surface area contributed by atoms with Gasteiger partial charge in [-0.05, 0) is 56.7 Å². The molecule has 2 aromatic rings. The third-order valence-electron chi connectivity index (χ3n) is 3.24. The standard InChI is InChI=1S/C18H20N4O4S/c1-11-8-12(2)21-18(20-11)27-13(3)17(25)22-19-9-14-4-6-15(7-5-14)26-10-16(23)24/h4-9,13H,10H2,1-3H3,(H,22,25)(H,23,24)/b19-9-/t13-/m0/s1. The Labute approximate surface area is 161 Å². The van der Waals surface area contributed by atoms with Gasteiger partial charge in [0.1, 0.15) is 5.75 Å². The normalized spacial score (nSPS) is 12.0. The van der Waals surface area contributed by atoms with Crippen molar-refractivity contribution >= 4 is 29.9 Å². The lowest BCUT2D eigenvalue weighted by molar-refractivity contribution is -0.139. The largest absolute Gasteiger partial charge is 0.482 e. The zero-order valence-electron chi connectivity index (χ0n) is 15.2. The molecule has 2 N–H and O–H groups in total. The van der Waals surface area contributed by atoms with Crippen molar-refractivity contribution in [3.8, 4) is 5.75 Å². The van der Waals surface area contributed by atoms with E-state index in [2.05, 4.69) is 20.5 Å². The van der Waals surface area contributed by atoms with E-state index in [1.165, 1.54) is 18.0 Å². The summed E-state index contributed by atoms with van der Waals surface area (Å²) < 4.78 is 5.04. The first kappa shape index (κ1) is 20.4. The lowest BCUT2D eigenvalue weighted by Gasteiger charge is -2.09. The number of aliphatic carboxylic acids is 1. The summed E-state index contributed by atoms with van der Waals surface area (Å²) in [5.41, 5.74) is 4.92. The van der Waals surface area contributed by atoms with Gasteiger partial charge >= 0.3 is 5.97 Å². The Morgan fingerprint density at radius 2 is 1.89 bits per heavy atom. The second-order valence-corrected chi connectivity index (χ2v) is 6.99. The van der Waals surface area contributed by atoms with E-state index >= 15 is 0 Å². The predicted octanol–water partition coefficient (Wildman–Crippen LogP) is 2.19. The van der Waals surface area contributed by atoms with Crippen LogP contribution in [0.3, 0.4) is 0 Å². The predicted molar refractivity (Wildman–Crippen MR) is 102 cm³/mol. The zero-order chi connectivity index (χ0) is 19.8. The SMILES string of the molecule is Cc1cc(C)nc(S[C@@H](C)C(=O)N/N=C\c2ccc(OCC(=O)O)cc2)n1. The molecule has 2 rings (SSSR count). The lowest BCUT2D eigenvalue weighted by Crippen LogP contribution is -2.27. The summed E-state index contributed by atoms with van der Waals surface area (Å²) in [6, 6.07) is 8.53. The molecule has 0 unspecified atom stereocenters. The molecule has 1 heterocycles. The van der Waals surface area contributed by atoms with Gasteiger partial charge in [-0.2, -0.15) is 5.10 Å². The summed E-state index contributed by atoms with van der Waals surface area (Å²) >= 11 is 1.26. The van der Waals surface area contributed by atoms with Crippen LogP contribution in [0.15, 0.2) is 40.6 Å². The molecule has 0 bridgehead atoms. The van der Waals surface area contributed by atoms with Gasteiger partial charge in [-0.1, -0.05) is 11.8 Å². The highest BCUT2D eigenvalue weighted by molar-refractivity contribution is 8.00. The highest BCUT2D eigenvalue weighted by atomic mass is 32.2. The smallest absolute Gasteiger partial charge is 0.341 e. The first-order valence-corrected chi connectivity index (χ1v) is 8.98. The van der Waals surface area contributed by atoms with E-state index in [9.17, 15) is 9.59 Å². The van der Waals surface area contributed by atoms with Crippen LogP contribution in [0.1, 0.15) is 23.9 Å². The fourth-order valence-electron chi connectivity index (χ4n) is 2.01. The van der Waals surface area contributed by atoms with Crippen molar-refractivity contribution in [3.05, 3.63) is 47.3 Å². The van der Waals surface area contributed by atoms with E-state index < -0.39 is 17.8 Å². The van der Waals surface area contributed by atoms with Crippen LogP contribution in [0.4, 0.5) is 0 Å². The van der Waals surface area contributed by atoms with Crippen LogP contribution >= 0.6 is 11.8 Å². The number of amides is 1. The topological polar surface area (TPSA) is 114 Å². The van der Waals surface area contributed by atoms with E-state index in [-0.39, 0.29) is 5.91 Å². The van der Waals surface area contributed by atoms with Gasteiger partial charge in [0.25, 0.3) is 5.91 Å². The molecular formula is C18H20N4O4S. The van der Waals surface area contributed by atoms with Crippen LogP contribution in [0.5, 0.6) is 5.75 Å². The Bertz CT molecular complexity index is 820. The molecule has 0 aliphatic carbocycles. The molecule has 0 radical (unpaired) electrons. The minimum atomic E-state index is -1.04. The summed E-state index contributed by atoms with van der Waals surface area (Å²) in [5, 5.41) is 12.6. The number of hydrazone groups is 1. The second kappa shape index (κ2) is 9.67. The van der Waals surface area contributed by atoms with Gasteiger partial charge in [0.05, 0.1) is 11.5 Å². The number of nitrogens with one attached hydrogen (secondary N) is 1. The summed E-state index contributed by atoms with van der Waals surface area (Å²) in [6.45, 7) is 5.12. The average molecular weight is 388 g/mol. The molecule has 142 valence electrons. The molecule has 9 heteroatoms. The molecule has 8 nitrogen and oxygen atoms in total. The molecule has 0 aliphatic rings. The van der Waals surface area contributed by atoms with Gasteiger partial charge in [0, 0.05) is 11.4 Å². The maximum atomic E-state index is 12.1. The molecule has 1 atom stereocenters. The summed E-state index contributed by atoms with van der Waals surface area (Å²) in [6.07, 6.45) is 1.49. The Morgan fingerprint density at radius 1 is 1.26 bits per heavy atom. The fraction of sp³-hybridized carbons (Fsp3) is 0.278. The molecule has 27 heavy (non-hydrogen) atoms. The number of ether oxygens (including phenoxy) is 1. The molecule has 1 aromatic heterocycles. The van der Waals surface area contributed by atoms with Crippen molar-refractivity contribution in [2.75, 3.05) is 6.61 Å². The number of carbonyl (C=O) groups is 2. The molecular weight excluding hydrogens is 368 g/mol. The molecule has 0 aliphatic heterocycles. The minimum absolute atomic E-state index is 0.263. The highest BCUT2D eigenvalue weighted by Gasteiger charge is 2.15. The van der Waals surface area contributed by atoms with Crippen molar-refractivity contribution in [2.24, 2.45) is 5.10 Å².